The molecule has 0 radical (unpaired) electrons. The van der Waals surface area contributed by atoms with Crippen LogP contribution in [0, 0.1) is 11.6 Å². The molecule has 1 nitrogen and oxygen atoms in total. The third kappa shape index (κ3) is 3.71. The van der Waals surface area contributed by atoms with Gasteiger partial charge in [-0.3, -0.25) is 0 Å². The van der Waals surface area contributed by atoms with Crippen LogP contribution >= 0.6 is 0 Å². The minimum absolute atomic E-state index is 0.0868. The van der Waals surface area contributed by atoms with E-state index in [9.17, 15) is 22.0 Å². The Kier molecular flexibility index (Phi) is 4.16. The lowest BCUT2D eigenvalue weighted by atomic mass is 10.1. The van der Waals surface area contributed by atoms with Gasteiger partial charge in [-0.25, -0.2) is 8.78 Å². The van der Waals surface area contributed by atoms with E-state index in [0.717, 1.165) is 24.3 Å². The lowest BCUT2D eigenvalue weighted by molar-refractivity contribution is -0.137. The SMILES string of the molecule is CC(Nc1ccc(F)cc1F)c1ccc(C(F)(F)F)cc1. The van der Waals surface area contributed by atoms with Crippen molar-refractivity contribution < 1.29 is 22.0 Å². The Labute approximate surface area is 118 Å². The molecule has 21 heavy (non-hydrogen) atoms. The number of hydrogen-bond acceptors (Lipinski definition) is 1. The maximum absolute atomic E-state index is 13.5. The van der Waals surface area contributed by atoms with Crippen molar-refractivity contribution in [3.8, 4) is 0 Å². The first kappa shape index (κ1) is 15.3. The normalized spacial score (nSPS) is 13.0. The molecule has 6 heteroatoms. The molecule has 112 valence electrons. The first-order valence-electron chi connectivity index (χ1n) is 6.16. The number of nitrogens with one attached hydrogen (secondary N) is 1. The van der Waals surface area contributed by atoms with E-state index in [4.69, 9.17) is 0 Å². The van der Waals surface area contributed by atoms with Crippen LogP contribution in [-0.4, -0.2) is 0 Å². The zero-order valence-electron chi connectivity index (χ0n) is 11.0. The summed E-state index contributed by atoms with van der Waals surface area (Å²) in [5.74, 6) is -1.45. The maximum atomic E-state index is 13.5. The van der Waals surface area contributed by atoms with Crippen molar-refractivity contribution >= 4 is 5.69 Å². The van der Waals surface area contributed by atoms with Crippen LogP contribution in [0.1, 0.15) is 24.1 Å². The van der Waals surface area contributed by atoms with Gasteiger partial charge in [0.25, 0.3) is 0 Å². The number of hydrogen-bond donors (Lipinski definition) is 1. The van der Waals surface area contributed by atoms with Gasteiger partial charge in [0.05, 0.1) is 11.3 Å². The fourth-order valence-electron chi connectivity index (χ4n) is 1.88. The molecule has 0 aliphatic rings. The highest BCUT2D eigenvalue weighted by molar-refractivity contribution is 5.47. The Morgan fingerprint density at radius 1 is 0.952 bits per heavy atom. The lowest BCUT2D eigenvalue weighted by Crippen LogP contribution is -2.09. The van der Waals surface area contributed by atoms with Gasteiger partial charge < -0.3 is 5.32 Å². The number of anilines is 1. The van der Waals surface area contributed by atoms with E-state index in [0.29, 0.717) is 5.56 Å². The molecular formula is C15H12F5N. The van der Waals surface area contributed by atoms with E-state index >= 15 is 0 Å². The molecule has 0 saturated heterocycles. The van der Waals surface area contributed by atoms with Crippen molar-refractivity contribution in [1.29, 1.82) is 0 Å². The fraction of sp³-hybridized carbons (Fsp3) is 0.200. The van der Waals surface area contributed by atoms with Gasteiger partial charge in [0.2, 0.25) is 0 Å². The summed E-state index contributed by atoms with van der Waals surface area (Å²) in [5, 5.41) is 2.79. The number of rotatable bonds is 3. The fourth-order valence-corrected chi connectivity index (χ4v) is 1.88. The van der Waals surface area contributed by atoms with E-state index in [1.165, 1.54) is 18.2 Å². The standard InChI is InChI=1S/C15H12F5N/c1-9(21-14-7-6-12(16)8-13(14)17)10-2-4-11(5-3-10)15(18,19)20/h2-9,21H,1H3. The van der Waals surface area contributed by atoms with Crippen LogP contribution in [0.5, 0.6) is 0 Å². The highest BCUT2D eigenvalue weighted by Gasteiger charge is 2.30. The first-order valence-corrected chi connectivity index (χ1v) is 6.16. The van der Waals surface area contributed by atoms with E-state index in [-0.39, 0.29) is 5.69 Å². The molecule has 2 rings (SSSR count). The van der Waals surface area contributed by atoms with Crippen LogP contribution in [0.2, 0.25) is 0 Å². The number of halogens is 5. The van der Waals surface area contributed by atoms with Gasteiger partial charge in [-0.2, -0.15) is 13.2 Å². The zero-order chi connectivity index (χ0) is 15.6. The molecule has 2 aromatic rings. The molecule has 0 aliphatic heterocycles. The summed E-state index contributed by atoms with van der Waals surface area (Å²) in [6, 6.07) is 7.23. The van der Waals surface area contributed by atoms with Crippen molar-refractivity contribution in [2.24, 2.45) is 0 Å². The molecular weight excluding hydrogens is 289 g/mol. The molecule has 0 bridgehead atoms. The van der Waals surface area contributed by atoms with E-state index in [1.54, 1.807) is 6.92 Å². The zero-order valence-corrected chi connectivity index (χ0v) is 11.0. The summed E-state index contributed by atoms with van der Waals surface area (Å²) in [5.41, 5.74) is -0.0954. The lowest BCUT2D eigenvalue weighted by Gasteiger charge is -2.17. The maximum Gasteiger partial charge on any atom is 0.416 e. The highest BCUT2D eigenvalue weighted by atomic mass is 19.4. The molecule has 0 saturated carbocycles. The van der Waals surface area contributed by atoms with Crippen LogP contribution in [0.3, 0.4) is 0 Å². The molecule has 1 unspecified atom stereocenters. The minimum Gasteiger partial charge on any atom is -0.376 e. The smallest absolute Gasteiger partial charge is 0.376 e. The Bertz CT molecular complexity index is 619. The first-order chi connectivity index (χ1) is 9.77. The Morgan fingerprint density at radius 2 is 1.57 bits per heavy atom. The van der Waals surface area contributed by atoms with Gasteiger partial charge in [0.1, 0.15) is 11.6 Å². The summed E-state index contributed by atoms with van der Waals surface area (Å²) >= 11 is 0. The Balaban J connectivity index is 2.15. The van der Waals surface area contributed by atoms with E-state index in [1.807, 2.05) is 0 Å². The molecule has 1 N–H and O–H groups in total. The molecule has 0 aliphatic carbocycles. The predicted molar refractivity (Wildman–Crippen MR) is 69.8 cm³/mol. The second-order valence-corrected chi connectivity index (χ2v) is 4.61. The summed E-state index contributed by atoms with van der Waals surface area (Å²) in [6.45, 7) is 1.67. The van der Waals surface area contributed by atoms with Gasteiger partial charge in [0, 0.05) is 12.1 Å². The number of benzene rings is 2. The summed E-state index contributed by atoms with van der Waals surface area (Å²) in [7, 11) is 0. The topological polar surface area (TPSA) is 12.0 Å². The van der Waals surface area contributed by atoms with Gasteiger partial charge in [-0.15, -0.1) is 0 Å². The summed E-state index contributed by atoms with van der Waals surface area (Å²) in [4.78, 5) is 0. The molecule has 0 amide bonds. The average molecular weight is 301 g/mol. The summed E-state index contributed by atoms with van der Waals surface area (Å²) in [6.07, 6.45) is -4.39. The van der Waals surface area contributed by atoms with Gasteiger partial charge in [-0.1, -0.05) is 12.1 Å². The Morgan fingerprint density at radius 3 is 2.10 bits per heavy atom. The van der Waals surface area contributed by atoms with Gasteiger partial charge in [-0.05, 0) is 36.8 Å². The largest absolute Gasteiger partial charge is 0.416 e. The molecule has 0 aromatic heterocycles. The van der Waals surface area contributed by atoms with Gasteiger partial charge >= 0.3 is 6.18 Å². The molecule has 0 fully saturated rings. The molecule has 2 aromatic carbocycles. The monoisotopic (exact) mass is 301 g/mol. The third-order valence-corrected chi connectivity index (χ3v) is 3.04. The van der Waals surface area contributed by atoms with Crippen molar-refractivity contribution in [3.63, 3.8) is 0 Å². The van der Waals surface area contributed by atoms with Crippen molar-refractivity contribution in [1.82, 2.24) is 0 Å². The van der Waals surface area contributed by atoms with E-state index < -0.39 is 29.4 Å². The highest BCUT2D eigenvalue weighted by Crippen LogP contribution is 2.30. The number of alkyl halides is 3. The average Bonchev–Trinajstić information content (AvgIpc) is 2.41. The van der Waals surface area contributed by atoms with Crippen molar-refractivity contribution in [3.05, 3.63) is 65.2 Å². The van der Waals surface area contributed by atoms with Crippen LogP contribution < -0.4 is 5.32 Å². The quantitative estimate of drug-likeness (QED) is 0.772. The van der Waals surface area contributed by atoms with Gasteiger partial charge in [0.15, 0.2) is 0 Å². The molecule has 0 spiro atoms. The molecule has 1 atom stereocenters. The van der Waals surface area contributed by atoms with Crippen LogP contribution in [0.25, 0.3) is 0 Å². The Hall–Kier alpha value is -2.11. The van der Waals surface area contributed by atoms with Crippen molar-refractivity contribution in [2.75, 3.05) is 5.32 Å². The third-order valence-electron chi connectivity index (χ3n) is 3.04. The predicted octanol–water partition coefficient (Wildman–Crippen LogP) is 5.16. The van der Waals surface area contributed by atoms with Crippen LogP contribution in [-0.2, 0) is 6.18 Å². The van der Waals surface area contributed by atoms with E-state index in [2.05, 4.69) is 5.32 Å². The van der Waals surface area contributed by atoms with Crippen LogP contribution in [0.4, 0.5) is 27.6 Å². The second-order valence-electron chi connectivity index (χ2n) is 4.61. The van der Waals surface area contributed by atoms with Crippen molar-refractivity contribution in [2.45, 2.75) is 19.1 Å². The summed E-state index contributed by atoms with van der Waals surface area (Å²) < 4.78 is 63.7. The molecule has 0 heterocycles. The minimum atomic E-state index is -4.39. The second kappa shape index (κ2) is 5.71. The van der Waals surface area contributed by atoms with Crippen LogP contribution in [0.15, 0.2) is 42.5 Å².